The van der Waals surface area contributed by atoms with Gasteiger partial charge in [-0.05, 0) is 146 Å². The lowest BCUT2D eigenvalue weighted by Gasteiger charge is -2.07. The molecule has 6 N–H and O–H groups in total. The number of nitrogens with one attached hydrogen (secondary N) is 6. The third kappa shape index (κ3) is 4.70. The van der Waals surface area contributed by atoms with Gasteiger partial charge in [0.1, 0.15) is 0 Å². The van der Waals surface area contributed by atoms with Crippen LogP contribution in [-0.2, 0) is 0 Å². The van der Waals surface area contributed by atoms with Crippen molar-refractivity contribution in [3.63, 3.8) is 0 Å². The van der Waals surface area contributed by atoms with E-state index in [9.17, 15) is 0 Å². The highest BCUT2D eigenvalue weighted by atomic mass is 14.8. The van der Waals surface area contributed by atoms with Crippen LogP contribution >= 0.6 is 0 Å². The lowest BCUT2D eigenvalue weighted by atomic mass is 9.98. The molecule has 0 aliphatic carbocycles. The summed E-state index contributed by atoms with van der Waals surface area (Å²) in [7, 11) is 0. The molecule has 0 unspecified atom stereocenters. The molecule has 11 aromatic heterocycles. The van der Waals surface area contributed by atoms with Crippen LogP contribution in [0.3, 0.4) is 0 Å². The Morgan fingerprint density at radius 2 is 0.764 bits per heavy atom. The molecule has 24 bridgehead atoms. The molecule has 72 heavy (non-hydrogen) atoms. The maximum absolute atomic E-state index is 5.79. The molecule has 0 fully saturated rings. The van der Waals surface area contributed by atoms with E-state index >= 15 is 0 Å². The van der Waals surface area contributed by atoms with Crippen molar-refractivity contribution in [3.8, 4) is 11.1 Å². The molecule has 2 aliphatic rings. The Labute approximate surface area is 401 Å². The van der Waals surface area contributed by atoms with Crippen LogP contribution in [0.15, 0.2) is 121 Å². The van der Waals surface area contributed by atoms with E-state index in [1.165, 1.54) is 0 Å². The summed E-state index contributed by atoms with van der Waals surface area (Å²) in [5.74, 6) is 0. The fourth-order valence-electron chi connectivity index (χ4n) is 12.5. The van der Waals surface area contributed by atoms with Gasteiger partial charge < -0.3 is 29.9 Å². The van der Waals surface area contributed by atoms with E-state index < -0.39 is 0 Å². The number of aromatic amines is 6. The maximum atomic E-state index is 5.79. The molecule has 0 spiro atoms. The van der Waals surface area contributed by atoms with Crippen molar-refractivity contribution >= 4 is 189 Å². The first-order valence-electron chi connectivity index (χ1n) is 24.1. The van der Waals surface area contributed by atoms with Crippen molar-refractivity contribution in [1.29, 1.82) is 0 Å². The van der Waals surface area contributed by atoms with Crippen molar-refractivity contribution in [1.82, 2.24) is 59.8 Å². The van der Waals surface area contributed by atoms with Gasteiger partial charge in [-0.25, -0.2) is 29.9 Å². The highest BCUT2D eigenvalue weighted by Gasteiger charge is 2.25. The normalized spacial score (nSPS) is 13.4. The quantitative estimate of drug-likeness (QED) is 0.0956. The summed E-state index contributed by atoms with van der Waals surface area (Å²) in [5.41, 5.74) is 23.1. The Morgan fingerprint density at radius 1 is 0.278 bits per heavy atom. The van der Waals surface area contributed by atoms with Crippen LogP contribution in [0.25, 0.3) is 200 Å². The van der Waals surface area contributed by atoms with Crippen molar-refractivity contribution < 1.29 is 0 Å². The van der Waals surface area contributed by atoms with Gasteiger partial charge in [0.05, 0.1) is 83.5 Å². The highest BCUT2D eigenvalue weighted by molar-refractivity contribution is 6.39. The van der Waals surface area contributed by atoms with Crippen LogP contribution in [0.2, 0.25) is 0 Å². The Hall–Kier alpha value is -10.2. The Morgan fingerprint density at radius 3 is 1.43 bits per heavy atom. The molecule has 2 aliphatic heterocycles. The predicted molar refractivity (Wildman–Crippen MR) is 294 cm³/mol. The van der Waals surface area contributed by atoms with Gasteiger partial charge in [-0.2, -0.15) is 0 Å². The third-order valence-electron chi connectivity index (χ3n) is 15.4. The van der Waals surface area contributed by atoms with Gasteiger partial charge in [0.25, 0.3) is 0 Å². The van der Waals surface area contributed by atoms with E-state index in [2.05, 4.69) is 169 Å². The summed E-state index contributed by atoms with van der Waals surface area (Å²) in [4.78, 5) is 55.9. The number of H-pyrrole nitrogens is 6. The van der Waals surface area contributed by atoms with Crippen molar-refractivity contribution in [2.45, 2.75) is 0 Å². The van der Waals surface area contributed by atoms with Gasteiger partial charge >= 0.3 is 0 Å². The smallest absolute Gasteiger partial charge is 0.0817 e. The highest BCUT2D eigenvalue weighted by Crippen LogP contribution is 2.47. The van der Waals surface area contributed by atoms with Crippen LogP contribution in [0, 0.1) is 0 Å². The van der Waals surface area contributed by atoms with Gasteiger partial charge in [0.15, 0.2) is 0 Å². The summed E-state index contributed by atoms with van der Waals surface area (Å²) in [5, 5.41) is 10.2. The van der Waals surface area contributed by atoms with Crippen molar-refractivity contribution in [3.05, 3.63) is 144 Å². The molecule has 0 radical (unpaired) electrons. The summed E-state index contributed by atoms with van der Waals surface area (Å²) < 4.78 is 0. The fourth-order valence-corrected chi connectivity index (χ4v) is 12.5. The van der Waals surface area contributed by atoms with E-state index in [4.69, 9.17) is 29.9 Å². The Bertz CT molecular complexity index is 5350. The van der Waals surface area contributed by atoms with E-state index in [1.54, 1.807) is 0 Å². The second-order valence-corrected chi connectivity index (χ2v) is 19.8. The van der Waals surface area contributed by atoms with Crippen LogP contribution < -0.4 is 0 Å². The number of aromatic nitrogens is 12. The number of nitrogens with zero attached hydrogens (tertiary/aromatic N) is 6. The van der Waals surface area contributed by atoms with Crippen LogP contribution in [0.5, 0.6) is 0 Å². The Balaban J connectivity index is 1.14. The molecule has 16 aromatic rings. The monoisotopic (exact) mass is 918 g/mol. The molecule has 12 heteroatoms. The molecule has 12 nitrogen and oxygen atoms in total. The summed E-state index contributed by atoms with van der Waals surface area (Å²) in [6, 6.07) is 43.5. The molecule has 0 amide bonds. The largest absolute Gasteiger partial charge is 0.355 e. The van der Waals surface area contributed by atoms with Gasteiger partial charge in [-0.1, -0.05) is 0 Å². The molecule has 18 rings (SSSR count). The number of hydrogen-bond donors (Lipinski definition) is 6. The maximum Gasteiger partial charge on any atom is 0.0817 e. The van der Waals surface area contributed by atoms with E-state index in [-0.39, 0.29) is 0 Å². The standard InChI is InChI=1S/C60H30N12/c1-3-27-10-29-5-7-47(63-29)51(48-8-6-30(64-48)11-28-4-2-26(62-28)9-25(1)61-27)52-55-41-18-35(67-55)14-37-22-45-43-20-33-12-31-16-39(41)49(65-31)24-50-40-17-32(66-50)13-34-21-44-46-23-38(15-36-19-42(40)56(52)68-36)72-60(46)54(59(45)71-37)53(57(43)69-33)58(44)70-34/h1-24,61,64-65,68,70-71H. The van der Waals surface area contributed by atoms with Gasteiger partial charge in [0, 0.05) is 115 Å². The Kier molecular flexibility index (Phi) is 6.05. The molecular formula is C60H30N12. The second-order valence-electron chi connectivity index (χ2n) is 19.8. The summed E-state index contributed by atoms with van der Waals surface area (Å²) in [6.45, 7) is 0. The van der Waals surface area contributed by atoms with E-state index in [0.29, 0.717) is 0 Å². The van der Waals surface area contributed by atoms with Crippen molar-refractivity contribution in [2.24, 2.45) is 0 Å². The summed E-state index contributed by atoms with van der Waals surface area (Å²) in [6.07, 6.45) is 8.31. The van der Waals surface area contributed by atoms with Crippen LogP contribution in [0.4, 0.5) is 0 Å². The number of fused-ring (bicyclic) bond motifs is 21. The van der Waals surface area contributed by atoms with Crippen molar-refractivity contribution in [2.75, 3.05) is 0 Å². The zero-order chi connectivity index (χ0) is 46.2. The topological polar surface area (TPSA) is 172 Å². The number of rotatable bonds is 1. The first-order valence-corrected chi connectivity index (χ1v) is 24.1. The number of hydrogen-bond acceptors (Lipinski definition) is 6. The predicted octanol–water partition coefficient (Wildman–Crippen LogP) is 14.5. The van der Waals surface area contributed by atoms with Gasteiger partial charge in [0.2, 0.25) is 0 Å². The zero-order valence-electron chi connectivity index (χ0n) is 37.5. The average Bonchev–Trinajstić information content (AvgIpc) is 4.19. The second kappa shape index (κ2) is 12.1. The minimum Gasteiger partial charge on any atom is -0.355 e. The van der Waals surface area contributed by atoms with Gasteiger partial charge in [-0.15, -0.1) is 0 Å². The lowest BCUT2D eigenvalue weighted by Crippen LogP contribution is -1.89. The average molecular weight is 919 g/mol. The minimum atomic E-state index is 0.784. The first-order chi connectivity index (χ1) is 35.5. The third-order valence-corrected chi connectivity index (χ3v) is 15.4. The molecule has 0 atom stereocenters. The lowest BCUT2D eigenvalue weighted by molar-refractivity contribution is 1.31. The van der Waals surface area contributed by atoms with Crippen LogP contribution in [0.1, 0.15) is 22.8 Å². The first kappa shape index (κ1) is 35.9. The van der Waals surface area contributed by atoms with Crippen LogP contribution in [-0.4, -0.2) is 59.8 Å². The molecule has 5 aromatic carbocycles. The van der Waals surface area contributed by atoms with Gasteiger partial charge in [-0.3, -0.25) is 0 Å². The van der Waals surface area contributed by atoms with E-state index in [1.807, 2.05) is 6.08 Å². The number of benzene rings is 2. The molecule has 0 saturated carbocycles. The zero-order valence-corrected chi connectivity index (χ0v) is 37.5. The van der Waals surface area contributed by atoms with E-state index in [0.717, 1.165) is 198 Å². The molecular weight excluding hydrogens is 889 g/mol. The molecule has 13 heterocycles. The molecule has 0 saturated heterocycles. The fraction of sp³-hybridized carbons (Fsp3) is 0. The SMILES string of the molecule is C1=Cc2cc3ccc([nH]3)c(-c3c4nc5cc6cc7c8cc9cc%10cc(c(cc%11nc%12cc%13cc%14c%15cc(cc%16cc(c3[nH]%16)c%11c%12)nc%15c(c7[nH]6)c(c8n9)c%14[nH]%13)[nH]%10)c4c5)c3nc(cc4ccc(cc1n2)[nH]4)C=C3. The molecule has 330 valence electrons. The summed E-state index contributed by atoms with van der Waals surface area (Å²) >= 11 is 0. The minimum absolute atomic E-state index is 0.784.